The molecule has 0 rings (SSSR count). The smallest absolute Gasteiger partial charge is 0.633 e. The predicted octanol–water partition coefficient (Wildman–Crippen LogP) is 2.63. The van der Waals surface area contributed by atoms with Crippen LogP contribution in [0.1, 0.15) is 6.42 Å². The SMILES string of the molecule is C[N+](C)([O-])CCC[N-]S(=O)(=O)C(F)(F)C(F)(F)C(F)(F)C(F)(F)C(F)(F)C(F)(F)C(F)(F)C(F)(F)F.[K+]. The van der Waals surface area contributed by atoms with E-state index in [2.05, 4.69) is 0 Å². The summed E-state index contributed by atoms with van der Waals surface area (Å²) in [5.74, 6) is -51.9. The van der Waals surface area contributed by atoms with Gasteiger partial charge in [-0.05, 0) is 6.42 Å². The van der Waals surface area contributed by atoms with Crippen molar-refractivity contribution in [2.45, 2.75) is 53.4 Å². The van der Waals surface area contributed by atoms with Crippen molar-refractivity contribution in [3.63, 3.8) is 0 Å². The summed E-state index contributed by atoms with van der Waals surface area (Å²) in [5, 5.41) is 3.51. The largest absolute Gasteiger partial charge is 1.00 e. The van der Waals surface area contributed by atoms with Crippen LogP contribution in [0.25, 0.3) is 4.72 Å². The fourth-order valence-electron chi connectivity index (χ4n) is 2.03. The van der Waals surface area contributed by atoms with E-state index < -0.39 is 81.1 Å². The summed E-state index contributed by atoms with van der Waals surface area (Å²) >= 11 is 0. The quantitative estimate of drug-likeness (QED) is 0.109. The van der Waals surface area contributed by atoms with E-state index in [1.54, 1.807) is 4.72 Å². The number of quaternary nitrogens is 1. The number of rotatable bonds is 12. The van der Waals surface area contributed by atoms with Gasteiger partial charge >= 0.3 is 98.4 Å². The van der Waals surface area contributed by atoms with Crippen LogP contribution in [0.4, 0.5) is 74.6 Å². The van der Waals surface area contributed by atoms with Gasteiger partial charge in [-0.15, -0.1) is 6.54 Å². The molecule has 0 aromatic carbocycles. The number of halogens is 17. The molecule has 0 radical (unpaired) electrons. The number of hydroxylamine groups is 3. The van der Waals surface area contributed by atoms with E-state index in [0.717, 1.165) is 14.1 Å². The van der Waals surface area contributed by atoms with Crippen molar-refractivity contribution >= 4 is 10.0 Å². The Labute approximate surface area is 238 Å². The predicted molar refractivity (Wildman–Crippen MR) is 82.8 cm³/mol. The number of hydrogen-bond acceptors (Lipinski definition) is 3. The summed E-state index contributed by atoms with van der Waals surface area (Å²) in [7, 11) is -5.73. The maximum absolute atomic E-state index is 13.7. The van der Waals surface area contributed by atoms with E-state index in [4.69, 9.17) is 0 Å². The molecule has 218 valence electrons. The molecule has 0 heterocycles. The van der Waals surface area contributed by atoms with Gasteiger partial charge in [0.05, 0.1) is 20.6 Å². The molecule has 5 nitrogen and oxygen atoms in total. The third-order valence-electron chi connectivity index (χ3n) is 4.13. The Morgan fingerprint density at radius 3 is 1.22 bits per heavy atom. The molecule has 0 fully saturated rings. The van der Waals surface area contributed by atoms with Gasteiger partial charge in [-0.25, -0.2) is 8.42 Å². The first-order valence-electron chi connectivity index (χ1n) is 8.39. The van der Waals surface area contributed by atoms with Crippen LogP contribution in [0, 0.1) is 5.21 Å². The maximum atomic E-state index is 13.7. The first-order chi connectivity index (χ1) is 15.2. The van der Waals surface area contributed by atoms with E-state index in [9.17, 15) is 88.3 Å². The minimum Gasteiger partial charge on any atom is -0.633 e. The molecule has 24 heteroatoms. The van der Waals surface area contributed by atoms with Crippen molar-refractivity contribution in [2.75, 3.05) is 27.2 Å². The Hall–Kier alpha value is 0.276. The summed E-state index contributed by atoms with van der Waals surface area (Å²) in [6.45, 7) is -2.30. The molecule has 0 amide bonds. The van der Waals surface area contributed by atoms with Crippen LogP contribution in [0.15, 0.2) is 0 Å². The summed E-state index contributed by atoms with van der Waals surface area (Å²) in [6, 6.07) is 0. The van der Waals surface area contributed by atoms with Crippen LogP contribution in [-0.2, 0) is 10.0 Å². The molecule has 0 saturated heterocycles. The second-order valence-corrected chi connectivity index (χ2v) is 9.16. The van der Waals surface area contributed by atoms with Gasteiger partial charge in [0.2, 0.25) is 0 Å². The minimum atomic E-state index is -8.88. The monoisotopic (exact) mass is 638 g/mol. The normalized spacial score (nSPS) is 16.0. The fourth-order valence-corrected chi connectivity index (χ4v) is 3.01. The Kier molecular flexibility index (Phi) is 11.6. The summed E-state index contributed by atoms with van der Waals surface area (Å²) < 4.78 is 246. The Bertz CT molecular complexity index is 899. The molecular weight excluding hydrogens is 626 g/mol. The van der Waals surface area contributed by atoms with Gasteiger partial charge < -0.3 is 14.6 Å². The number of nitrogens with zero attached hydrogens (tertiary/aromatic N) is 2. The standard InChI is InChI=1S/C13H12F17N2O3S.K/c1-32(2,33)5-3-4-31-36(34,35)13(29,30)11(24,25)9(20,21)7(16,17)6(14,15)8(18,19)10(22,23)12(26,27)28;/h3-5H2,1-2H3;/q-1;+1. The Morgan fingerprint density at radius 1 is 0.622 bits per heavy atom. The maximum Gasteiger partial charge on any atom is 1.00 e. The third-order valence-corrected chi connectivity index (χ3v) is 5.56. The Balaban J connectivity index is 0. The van der Waals surface area contributed by atoms with Crippen molar-refractivity contribution in [2.24, 2.45) is 0 Å². The van der Waals surface area contributed by atoms with E-state index in [0.29, 0.717) is 0 Å². The molecule has 0 spiro atoms. The molecule has 0 aromatic rings. The number of sulfonamides is 1. The molecule has 0 N–H and O–H groups in total. The van der Waals surface area contributed by atoms with Gasteiger partial charge in [-0.1, -0.05) is 0 Å². The van der Waals surface area contributed by atoms with Crippen LogP contribution in [0.5, 0.6) is 0 Å². The average Bonchev–Trinajstić information content (AvgIpc) is 2.62. The van der Waals surface area contributed by atoms with E-state index in [1.165, 1.54) is 0 Å². The number of alkyl halides is 17. The van der Waals surface area contributed by atoms with Gasteiger partial charge in [0.1, 0.15) is 10.0 Å². The molecular formula is C13H12F17KN2O3S. The van der Waals surface area contributed by atoms with Crippen molar-refractivity contribution in [1.82, 2.24) is 0 Å². The topological polar surface area (TPSA) is 71.3 Å². The molecule has 0 aliphatic rings. The van der Waals surface area contributed by atoms with Crippen LogP contribution < -0.4 is 51.4 Å². The van der Waals surface area contributed by atoms with Crippen molar-refractivity contribution in [1.29, 1.82) is 0 Å². The van der Waals surface area contributed by atoms with E-state index in [1.807, 2.05) is 0 Å². The van der Waals surface area contributed by atoms with Gasteiger partial charge in [-0.3, -0.25) is 0 Å². The molecule has 37 heavy (non-hydrogen) atoms. The average molecular weight is 638 g/mol. The van der Waals surface area contributed by atoms with E-state index in [-0.39, 0.29) is 51.4 Å². The van der Waals surface area contributed by atoms with Crippen LogP contribution in [0.3, 0.4) is 0 Å². The second kappa shape index (κ2) is 10.9. The summed E-state index contributed by atoms with van der Waals surface area (Å²) in [4.78, 5) is 0. The van der Waals surface area contributed by atoms with Crippen molar-refractivity contribution in [3.8, 4) is 0 Å². The first-order valence-corrected chi connectivity index (χ1v) is 9.83. The first kappa shape index (κ1) is 39.4. The van der Waals surface area contributed by atoms with Gasteiger partial charge in [-0.2, -0.15) is 74.6 Å². The van der Waals surface area contributed by atoms with Crippen LogP contribution in [0.2, 0.25) is 0 Å². The molecule has 0 atom stereocenters. The fraction of sp³-hybridized carbons (Fsp3) is 1.00. The molecule has 0 aromatic heterocycles. The molecule has 0 aliphatic carbocycles. The summed E-state index contributed by atoms with van der Waals surface area (Å²) in [6.07, 6.45) is -8.77. The number of hydrogen-bond donors (Lipinski definition) is 0. The van der Waals surface area contributed by atoms with Crippen LogP contribution in [-0.4, -0.2) is 87.2 Å². The Morgan fingerprint density at radius 2 is 0.919 bits per heavy atom. The van der Waals surface area contributed by atoms with Crippen LogP contribution >= 0.6 is 0 Å². The van der Waals surface area contributed by atoms with Crippen molar-refractivity contribution < 1.29 is 139 Å². The zero-order valence-corrected chi connectivity index (χ0v) is 22.0. The zero-order valence-electron chi connectivity index (χ0n) is 18.1. The second-order valence-electron chi connectivity index (χ2n) is 7.44. The zero-order chi connectivity index (χ0) is 29.8. The van der Waals surface area contributed by atoms with Gasteiger partial charge in [0.25, 0.3) is 0 Å². The van der Waals surface area contributed by atoms with Crippen molar-refractivity contribution in [3.05, 3.63) is 9.93 Å². The van der Waals surface area contributed by atoms with Gasteiger partial charge in [0.15, 0.2) is 0 Å². The van der Waals surface area contributed by atoms with E-state index >= 15 is 0 Å². The minimum absolute atomic E-state index is 0. The molecule has 0 saturated carbocycles. The van der Waals surface area contributed by atoms with Gasteiger partial charge in [0, 0.05) is 0 Å². The third kappa shape index (κ3) is 6.45. The molecule has 0 bridgehead atoms. The molecule has 0 aliphatic heterocycles. The summed E-state index contributed by atoms with van der Waals surface area (Å²) in [5.41, 5.74) is 0. The molecule has 0 unspecified atom stereocenters.